The fraction of sp³-hybridized carbons (Fsp3) is 0.300. The van der Waals surface area contributed by atoms with Crippen LogP contribution in [0.4, 0.5) is 10.5 Å². The molecule has 1 amide bonds. The van der Waals surface area contributed by atoms with E-state index in [1.54, 1.807) is 6.07 Å². The van der Waals surface area contributed by atoms with E-state index in [4.69, 9.17) is 4.74 Å². The summed E-state index contributed by atoms with van der Waals surface area (Å²) < 4.78 is 4.70. The number of phenolic OH excluding ortho intramolecular Hbond substituents is 1. The lowest BCUT2D eigenvalue weighted by Gasteiger charge is -2.23. The zero-order valence-corrected chi connectivity index (χ0v) is 9.98. The van der Waals surface area contributed by atoms with Crippen LogP contribution in [0.3, 0.4) is 0 Å². The molecule has 1 heterocycles. The summed E-state index contributed by atoms with van der Waals surface area (Å²) in [7, 11) is 0. The third-order valence-electron chi connectivity index (χ3n) is 2.53. The fourth-order valence-corrected chi connectivity index (χ4v) is 1.68. The van der Waals surface area contributed by atoms with Gasteiger partial charge in [-0.25, -0.2) is 4.79 Å². The van der Waals surface area contributed by atoms with Crippen LogP contribution < -0.4 is 5.32 Å². The molecule has 1 saturated heterocycles. The van der Waals surface area contributed by atoms with Crippen molar-refractivity contribution in [1.29, 1.82) is 0 Å². The number of hydrogen-bond acceptors (Lipinski definition) is 5. The molecule has 0 spiro atoms. The van der Waals surface area contributed by atoms with Crippen molar-refractivity contribution in [2.75, 3.05) is 6.61 Å². The van der Waals surface area contributed by atoms with Gasteiger partial charge >= 0.3 is 11.8 Å². The second-order valence-electron chi connectivity index (χ2n) is 3.63. The van der Waals surface area contributed by atoms with Crippen molar-refractivity contribution in [3.05, 3.63) is 33.9 Å². The maximum absolute atomic E-state index is 11.0. The maximum atomic E-state index is 11.0. The van der Waals surface area contributed by atoms with Gasteiger partial charge in [0.1, 0.15) is 0 Å². The minimum atomic E-state index is -0.667. The van der Waals surface area contributed by atoms with Crippen LogP contribution in [0.5, 0.6) is 5.75 Å². The van der Waals surface area contributed by atoms with Crippen molar-refractivity contribution >= 4 is 24.2 Å². The summed E-state index contributed by atoms with van der Waals surface area (Å²) in [5.74, 6) is -0.392. The van der Waals surface area contributed by atoms with Crippen LogP contribution >= 0.6 is 12.4 Å². The number of hydrogen-bond donors (Lipinski definition) is 2. The van der Waals surface area contributed by atoms with E-state index < -0.39 is 16.8 Å². The molecule has 0 saturated carbocycles. The quantitative estimate of drug-likeness (QED) is 0.633. The normalized spacial score (nSPS) is 18.2. The average Bonchev–Trinajstić information content (AvgIpc) is 2.29. The summed E-state index contributed by atoms with van der Waals surface area (Å²) in [5, 5.41) is 22.5. The van der Waals surface area contributed by atoms with Gasteiger partial charge in [-0.15, -0.1) is 12.4 Å². The number of phenols is 1. The zero-order chi connectivity index (χ0) is 12.4. The minimum absolute atomic E-state index is 0. The minimum Gasteiger partial charge on any atom is -0.502 e. The monoisotopic (exact) mass is 274 g/mol. The summed E-state index contributed by atoms with van der Waals surface area (Å²) in [4.78, 5) is 21.0. The second-order valence-corrected chi connectivity index (χ2v) is 3.63. The van der Waals surface area contributed by atoms with Crippen LogP contribution in [0.2, 0.25) is 0 Å². The number of rotatable bonds is 2. The Balaban J connectivity index is 0.00000162. The molecule has 2 N–H and O–H groups in total. The number of cyclic esters (lactones) is 1. The molecule has 0 aromatic heterocycles. The first-order valence-corrected chi connectivity index (χ1v) is 4.98. The van der Waals surface area contributed by atoms with E-state index in [0.717, 1.165) is 0 Å². The first-order chi connectivity index (χ1) is 8.08. The first-order valence-electron chi connectivity index (χ1n) is 4.98. The van der Waals surface area contributed by atoms with Crippen molar-refractivity contribution in [2.24, 2.45) is 0 Å². The molecule has 2 rings (SSSR count). The Morgan fingerprint density at radius 3 is 2.83 bits per heavy atom. The van der Waals surface area contributed by atoms with E-state index in [2.05, 4.69) is 5.32 Å². The van der Waals surface area contributed by atoms with Gasteiger partial charge in [0, 0.05) is 12.5 Å². The zero-order valence-electron chi connectivity index (χ0n) is 9.16. The van der Waals surface area contributed by atoms with E-state index in [1.165, 1.54) is 12.1 Å². The van der Waals surface area contributed by atoms with Gasteiger partial charge in [-0.3, -0.25) is 10.1 Å². The molecular weight excluding hydrogens is 264 g/mol. The third kappa shape index (κ3) is 2.80. The highest BCUT2D eigenvalue weighted by molar-refractivity contribution is 5.85. The first kappa shape index (κ1) is 14.0. The van der Waals surface area contributed by atoms with E-state index in [1.807, 2.05) is 0 Å². The third-order valence-corrected chi connectivity index (χ3v) is 2.53. The van der Waals surface area contributed by atoms with Crippen LogP contribution in [0.15, 0.2) is 18.2 Å². The van der Waals surface area contributed by atoms with Gasteiger partial charge in [-0.2, -0.15) is 0 Å². The number of ether oxygens (including phenoxy) is 1. The van der Waals surface area contributed by atoms with Crippen molar-refractivity contribution in [3.63, 3.8) is 0 Å². The van der Waals surface area contributed by atoms with E-state index in [-0.39, 0.29) is 30.7 Å². The number of amides is 1. The summed E-state index contributed by atoms with van der Waals surface area (Å²) in [6.07, 6.45) is -0.00908. The number of nitrogens with zero attached hydrogens (tertiary/aromatic N) is 1. The molecule has 1 fully saturated rings. The van der Waals surface area contributed by atoms with E-state index >= 15 is 0 Å². The number of nitro groups is 1. The molecule has 1 aromatic carbocycles. The van der Waals surface area contributed by atoms with E-state index in [0.29, 0.717) is 12.0 Å². The van der Waals surface area contributed by atoms with Crippen LogP contribution in [-0.4, -0.2) is 22.7 Å². The molecule has 0 unspecified atom stereocenters. The Bertz CT molecular complexity index is 479. The second kappa shape index (κ2) is 5.54. The molecule has 0 bridgehead atoms. The van der Waals surface area contributed by atoms with Gasteiger partial charge in [-0.05, 0) is 11.6 Å². The number of halogens is 1. The highest BCUT2D eigenvalue weighted by atomic mass is 35.5. The topological polar surface area (TPSA) is 102 Å². The van der Waals surface area contributed by atoms with Gasteiger partial charge in [0.2, 0.25) is 0 Å². The van der Waals surface area contributed by atoms with Crippen LogP contribution in [-0.2, 0) is 4.74 Å². The maximum Gasteiger partial charge on any atom is 0.407 e. The van der Waals surface area contributed by atoms with Crippen molar-refractivity contribution in [1.82, 2.24) is 5.32 Å². The van der Waals surface area contributed by atoms with E-state index in [9.17, 15) is 20.0 Å². The number of benzene rings is 1. The molecule has 8 heteroatoms. The van der Waals surface area contributed by atoms with Crippen LogP contribution in [0, 0.1) is 10.1 Å². The largest absolute Gasteiger partial charge is 0.502 e. The molecule has 98 valence electrons. The standard InChI is InChI=1S/C10H10N2O5.ClH/c13-9-2-1-6(5-8(9)12(15)16)7-3-4-17-10(14)11-7;/h1-2,5,7,13H,3-4H2,(H,11,14);1H/t7-;/m0./s1. The molecule has 7 nitrogen and oxygen atoms in total. The molecule has 0 radical (unpaired) electrons. The Morgan fingerprint density at radius 2 is 2.22 bits per heavy atom. The summed E-state index contributed by atoms with van der Waals surface area (Å²) in [6.45, 7) is 0.269. The number of nitro benzene ring substituents is 1. The van der Waals surface area contributed by atoms with Crippen LogP contribution in [0.1, 0.15) is 18.0 Å². The van der Waals surface area contributed by atoms with Gasteiger partial charge in [0.05, 0.1) is 17.6 Å². The van der Waals surface area contributed by atoms with Crippen molar-refractivity contribution < 1.29 is 19.6 Å². The van der Waals surface area contributed by atoms with Gasteiger partial charge in [-0.1, -0.05) is 6.07 Å². The lowest BCUT2D eigenvalue weighted by molar-refractivity contribution is -0.385. The Labute approximate surface area is 108 Å². The number of alkyl carbamates (subject to hydrolysis) is 1. The SMILES string of the molecule is Cl.O=C1N[C@H](c2ccc(O)c([N+](=O)[O-])c2)CCO1. The predicted molar refractivity (Wildman–Crippen MR) is 63.9 cm³/mol. The summed E-state index contributed by atoms with van der Waals surface area (Å²) in [5.41, 5.74) is 0.203. The van der Waals surface area contributed by atoms with Crippen molar-refractivity contribution in [3.8, 4) is 5.75 Å². The lowest BCUT2D eigenvalue weighted by Crippen LogP contribution is -2.35. The lowest BCUT2D eigenvalue weighted by atomic mass is 10.0. The Hall–Kier alpha value is -2.02. The average molecular weight is 275 g/mol. The highest BCUT2D eigenvalue weighted by Crippen LogP contribution is 2.30. The molecule has 1 aliphatic rings. The Kier molecular flexibility index (Phi) is 4.33. The van der Waals surface area contributed by atoms with Crippen molar-refractivity contribution in [2.45, 2.75) is 12.5 Å². The highest BCUT2D eigenvalue weighted by Gasteiger charge is 2.23. The molecule has 18 heavy (non-hydrogen) atoms. The summed E-state index contributed by atoms with van der Waals surface area (Å²) >= 11 is 0. The van der Waals surface area contributed by atoms with Gasteiger partial charge in [0.25, 0.3) is 0 Å². The number of carbonyl (C=O) groups excluding carboxylic acids is 1. The smallest absolute Gasteiger partial charge is 0.407 e. The summed E-state index contributed by atoms with van der Waals surface area (Å²) in [6, 6.07) is 3.72. The van der Waals surface area contributed by atoms with Gasteiger partial charge in [0.15, 0.2) is 5.75 Å². The predicted octanol–water partition coefficient (Wildman–Crippen LogP) is 1.89. The molecular formula is C10H11ClN2O5. The van der Waals surface area contributed by atoms with Gasteiger partial charge < -0.3 is 15.2 Å². The number of carbonyl (C=O) groups is 1. The molecule has 0 aliphatic carbocycles. The molecule has 1 aliphatic heterocycles. The number of nitrogens with one attached hydrogen (secondary N) is 1. The Morgan fingerprint density at radius 1 is 1.50 bits per heavy atom. The van der Waals surface area contributed by atoms with Crippen LogP contribution in [0.25, 0.3) is 0 Å². The molecule has 1 aromatic rings. The fourth-order valence-electron chi connectivity index (χ4n) is 1.68. The number of aromatic hydroxyl groups is 1. The molecule has 1 atom stereocenters.